The Bertz CT molecular complexity index is 493. The van der Waals surface area contributed by atoms with Gasteiger partial charge in [-0.15, -0.1) is 0 Å². The summed E-state index contributed by atoms with van der Waals surface area (Å²) >= 11 is 6.21. The summed E-state index contributed by atoms with van der Waals surface area (Å²) in [6, 6.07) is 8.06. The first-order chi connectivity index (χ1) is 8.24. The molecule has 2 aromatic rings. The Kier molecular flexibility index (Phi) is 3.82. The molecule has 1 atom stereocenters. The van der Waals surface area contributed by atoms with Crippen molar-refractivity contribution in [2.75, 3.05) is 6.54 Å². The van der Waals surface area contributed by atoms with E-state index in [0.29, 0.717) is 6.54 Å². The highest BCUT2D eigenvalue weighted by molar-refractivity contribution is 6.31. The van der Waals surface area contributed by atoms with Crippen LogP contribution in [-0.2, 0) is 6.42 Å². The number of halogens is 1. The van der Waals surface area contributed by atoms with Gasteiger partial charge in [0.05, 0.1) is 12.4 Å². The minimum atomic E-state index is 0.174. The molecule has 1 unspecified atom stereocenters. The van der Waals surface area contributed by atoms with Gasteiger partial charge in [-0.05, 0) is 25.1 Å². The van der Waals surface area contributed by atoms with E-state index in [1.807, 2.05) is 36.8 Å². The number of aromatic nitrogens is 2. The van der Waals surface area contributed by atoms with E-state index >= 15 is 0 Å². The lowest BCUT2D eigenvalue weighted by atomic mass is 10.1. The quantitative estimate of drug-likeness (QED) is 0.905. The lowest BCUT2D eigenvalue weighted by Crippen LogP contribution is -2.13. The van der Waals surface area contributed by atoms with Gasteiger partial charge >= 0.3 is 0 Å². The molecule has 0 aliphatic heterocycles. The lowest BCUT2D eigenvalue weighted by Gasteiger charge is -2.18. The van der Waals surface area contributed by atoms with Gasteiger partial charge in [-0.25, -0.2) is 4.98 Å². The highest BCUT2D eigenvalue weighted by Gasteiger charge is 2.13. The third kappa shape index (κ3) is 2.51. The molecule has 0 saturated heterocycles. The standard InChI is InChI=1S/C13H16ClN3/c1-10(12-4-2-3-5-13(12)14)17-9-16-8-11(17)6-7-15/h2-5,8-10H,6-7,15H2,1H3. The molecule has 0 aliphatic rings. The maximum absolute atomic E-state index is 6.21. The van der Waals surface area contributed by atoms with Crippen LogP contribution in [0.15, 0.2) is 36.8 Å². The molecule has 1 aromatic carbocycles. The van der Waals surface area contributed by atoms with Gasteiger partial charge in [0.15, 0.2) is 0 Å². The van der Waals surface area contributed by atoms with E-state index in [2.05, 4.69) is 16.5 Å². The zero-order valence-electron chi connectivity index (χ0n) is 9.81. The van der Waals surface area contributed by atoms with Gasteiger partial charge < -0.3 is 10.3 Å². The molecular weight excluding hydrogens is 234 g/mol. The topological polar surface area (TPSA) is 43.8 Å². The first kappa shape index (κ1) is 12.1. The average Bonchev–Trinajstić information content (AvgIpc) is 2.78. The van der Waals surface area contributed by atoms with Crippen molar-refractivity contribution in [1.29, 1.82) is 0 Å². The van der Waals surface area contributed by atoms with Crippen LogP contribution in [0.25, 0.3) is 0 Å². The zero-order valence-corrected chi connectivity index (χ0v) is 10.6. The summed E-state index contributed by atoms with van der Waals surface area (Å²) in [6.45, 7) is 2.74. The van der Waals surface area contributed by atoms with Crippen molar-refractivity contribution in [3.05, 3.63) is 53.1 Å². The molecule has 2 N–H and O–H groups in total. The molecule has 2 rings (SSSR count). The van der Waals surface area contributed by atoms with Crippen LogP contribution in [0.2, 0.25) is 5.02 Å². The molecule has 4 heteroatoms. The van der Waals surface area contributed by atoms with Crippen LogP contribution >= 0.6 is 11.6 Å². The number of hydrogen-bond donors (Lipinski definition) is 1. The number of imidazole rings is 1. The van der Waals surface area contributed by atoms with Crippen LogP contribution < -0.4 is 5.73 Å². The van der Waals surface area contributed by atoms with Crippen molar-refractivity contribution in [2.45, 2.75) is 19.4 Å². The van der Waals surface area contributed by atoms with Gasteiger partial charge in [0, 0.05) is 23.3 Å². The third-order valence-electron chi connectivity index (χ3n) is 2.92. The maximum atomic E-state index is 6.21. The predicted octanol–water partition coefficient (Wildman–Crippen LogP) is 2.65. The number of nitrogens with two attached hydrogens (primary N) is 1. The van der Waals surface area contributed by atoms with Crippen LogP contribution in [0.1, 0.15) is 24.2 Å². The highest BCUT2D eigenvalue weighted by Crippen LogP contribution is 2.26. The number of benzene rings is 1. The van der Waals surface area contributed by atoms with Crippen molar-refractivity contribution in [1.82, 2.24) is 9.55 Å². The zero-order chi connectivity index (χ0) is 12.3. The molecular formula is C13H16ClN3. The Morgan fingerprint density at radius 2 is 2.18 bits per heavy atom. The van der Waals surface area contributed by atoms with Crippen LogP contribution in [-0.4, -0.2) is 16.1 Å². The second kappa shape index (κ2) is 5.34. The highest BCUT2D eigenvalue weighted by atomic mass is 35.5. The number of nitrogens with zero attached hydrogens (tertiary/aromatic N) is 2. The summed E-state index contributed by atoms with van der Waals surface area (Å²) in [6.07, 6.45) is 4.52. The Labute approximate surface area is 106 Å². The smallest absolute Gasteiger partial charge is 0.0953 e. The summed E-state index contributed by atoms with van der Waals surface area (Å²) in [7, 11) is 0. The summed E-state index contributed by atoms with van der Waals surface area (Å²) in [4.78, 5) is 4.18. The molecule has 0 amide bonds. The van der Waals surface area contributed by atoms with E-state index in [1.54, 1.807) is 0 Å². The monoisotopic (exact) mass is 249 g/mol. The third-order valence-corrected chi connectivity index (χ3v) is 3.26. The van der Waals surface area contributed by atoms with Crippen LogP contribution in [0.3, 0.4) is 0 Å². The molecule has 17 heavy (non-hydrogen) atoms. The molecule has 1 aromatic heterocycles. The SMILES string of the molecule is CC(c1ccccc1Cl)n1cncc1CCN. The molecule has 0 aliphatic carbocycles. The van der Waals surface area contributed by atoms with Crippen LogP contribution in [0.5, 0.6) is 0 Å². The fourth-order valence-corrected chi connectivity index (χ4v) is 2.28. The van der Waals surface area contributed by atoms with Crippen molar-refractivity contribution >= 4 is 11.6 Å². The fourth-order valence-electron chi connectivity index (χ4n) is 1.99. The fraction of sp³-hybridized carbons (Fsp3) is 0.308. The largest absolute Gasteiger partial charge is 0.330 e. The average molecular weight is 250 g/mol. The summed E-state index contributed by atoms with van der Waals surface area (Å²) < 4.78 is 2.12. The van der Waals surface area contributed by atoms with Crippen molar-refractivity contribution in [2.24, 2.45) is 5.73 Å². The van der Waals surface area contributed by atoms with Gasteiger partial charge in [0.1, 0.15) is 0 Å². The maximum Gasteiger partial charge on any atom is 0.0953 e. The molecule has 0 saturated carbocycles. The van der Waals surface area contributed by atoms with Gasteiger partial charge in [-0.1, -0.05) is 29.8 Å². The van der Waals surface area contributed by atoms with Gasteiger partial charge in [0.2, 0.25) is 0 Å². The van der Waals surface area contributed by atoms with E-state index in [1.165, 1.54) is 0 Å². The predicted molar refractivity (Wildman–Crippen MR) is 70.3 cm³/mol. The Hall–Kier alpha value is -1.32. The minimum absolute atomic E-state index is 0.174. The Balaban J connectivity index is 2.34. The van der Waals surface area contributed by atoms with E-state index in [0.717, 1.165) is 22.7 Å². The van der Waals surface area contributed by atoms with Crippen molar-refractivity contribution in [3.8, 4) is 0 Å². The van der Waals surface area contributed by atoms with Crippen LogP contribution in [0, 0.1) is 0 Å². The van der Waals surface area contributed by atoms with E-state index in [4.69, 9.17) is 17.3 Å². The molecule has 90 valence electrons. The molecule has 3 nitrogen and oxygen atoms in total. The second-order valence-electron chi connectivity index (χ2n) is 4.03. The molecule has 0 radical (unpaired) electrons. The summed E-state index contributed by atoms with van der Waals surface area (Å²) in [5.74, 6) is 0. The van der Waals surface area contributed by atoms with E-state index < -0.39 is 0 Å². The molecule has 0 spiro atoms. The van der Waals surface area contributed by atoms with Gasteiger partial charge in [0.25, 0.3) is 0 Å². The Morgan fingerprint density at radius 1 is 1.41 bits per heavy atom. The summed E-state index contributed by atoms with van der Waals surface area (Å²) in [5.41, 5.74) is 7.83. The molecule has 0 bridgehead atoms. The first-order valence-corrected chi connectivity index (χ1v) is 6.07. The minimum Gasteiger partial charge on any atom is -0.330 e. The van der Waals surface area contributed by atoms with Crippen molar-refractivity contribution in [3.63, 3.8) is 0 Å². The van der Waals surface area contributed by atoms with E-state index in [9.17, 15) is 0 Å². The normalized spacial score (nSPS) is 12.6. The number of hydrogen-bond acceptors (Lipinski definition) is 2. The van der Waals surface area contributed by atoms with E-state index in [-0.39, 0.29) is 6.04 Å². The van der Waals surface area contributed by atoms with Gasteiger partial charge in [-0.3, -0.25) is 0 Å². The first-order valence-electron chi connectivity index (χ1n) is 5.69. The van der Waals surface area contributed by atoms with Crippen molar-refractivity contribution < 1.29 is 0 Å². The second-order valence-corrected chi connectivity index (χ2v) is 4.44. The summed E-state index contributed by atoms with van der Waals surface area (Å²) in [5, 5.41) is 0.785. The van der Waals surface area contributed by atoms with Crippen LogP contribution in [0.4, 0.5) is 0 Å². The van der Waals surface area contributed by atoms with Gasteiger partial charge in [-0.2, -0.15) is 0 Å². The Morgan fingerprint density at radius 3 is 2.88 bits per heavy atom. The lowest BCUT2D eigenvalue weighted by molar-refractivity contribution is 0.607. The number of rotatable bonds is 4. The molecule has 0 fully saturated rings. The molecule has 1 heterocycles.